The first-order valence-electron chi connectivity index (χ1n) is 9.69. The van der Waals surface area contributed by atoms with Gasteiger partial charge in [-0.25, -0.2) is 0 Å². The monoisotopic (exact) mass is 394 g/mol. The lowest BCUT2D eigenvalue weighted by molar-refractivity contribution is 0.458. The van der Waals surface area contributed by atoms with Crippen molar-refractivity contribution in [3.05, 3.63) is 76.7 Å². The molecule has 0 radical (unpaired) electrons. The van der Waals surface area contributed by atoms with Gasteiger partial charge in [0.05, 0.1) is 0 Å². The van der Waals surface area contributed by atoms with Gasteiger partial charge in [-0.1, -0.05) is 61.5 Å². The zero-order chi connectivity index (χ0) is 19.9. The summed E-state index contributed by atoms with van der Waals surface area (Å²) < 4.78 is 0. The third kappa shape index (κ3) is 4.42. The second-order valence-electron chi connectivity index (χ2n) is 6.56. The molecule has 0 fully saturated rings. The van der Waals surface area contributed by atoms with Crippen LogP contribution >= 0.6 is 11.8 Å². The third-order valence-corrected chi connectivity index (χ3v) is 5.68. The van der Waals surface area contributed by atoms with E-state index in [1.54, 1.807) is 0 Å². The van der Waals surface area contributed by atoms with Crippen LogP contribution in [-0.4, -0.2) is 16.6 Å². The molecular formula is C23H26N2O2S. The Morgan fingerprint density at radius 3 is 2.25 bits per heavy atom. The molecule has 3 rings (SSSR count). The maximum Gasteiger partial charge on any atom is 0.266 e. The van der Waals surface area contributed by atoms with Crippen LogP contribution in [0.25, 0.3) is 0 Å². The minimum Gasteiger partial charge on any atom is -0.504 e. The lowest BCUT2D eigenvalue weighted by Gasteiger charge is -2.27. The topological polar surface area (TPSA) is 56.3 Å². The Morgan fingerprint density at radius 1 is 1.00 bits per heavy atom. The average molecular weight is 395 g/mol. The normalized spacial score (nSPS) is 10.8. The van der Waals surface area contributed by atoms with Crippen LogP contribution in [0.4, 0.5) is 11.4 Å². The second kappa shape index (κ2) is 9.51. The fourth-order valence-electron chi connectivity index (χ4n) is 3.22. The summed E-state index contributed by atoms with van der Waals surface area (Å²) in [5.74, 6) is 0.0504. The summed E-state index contributed by atoms with van der Waals surface area (Å²) in [4.78, 5) is 19.1. The van der Waals surface area contributed by atoms with Crippen LogP contribution < -0.4 is 10.5 Å². The summed E-state index contributed by atoms with van der Waals surface area (Å²) in [7, 11) is 0. The predicted octanol–water partition coefficient (Wildman–Crippen LogP) is 5.73. The highest BCUT2D eigenvalue weighted by atomic mass is 32.2. The molecule has 2 aromatic carbocycles. The standard InChI is InChI=1S/C23H26N2O2S/c1-3-5-16-19-20(25(4-2)17-12-8-6-9-13-17)21(26)22(23(27)24-19)28-18-14-10-7-11-15-18/h6-15H,3-5,16H2,1-2H3,(H2,24,26,27). The first kappa shape index (κ1) is 20.1. The highest BCUT2D eigenvalue weighted by molar-refractivity contribution is 7.99. The molecule has 146 valence electrons. The molecule has 1 aromatic heterocycles. The number of unbranched alkanes of at least 4 members (excludes halogenated alkanes) is 1. The van der Waals surface area contributed by atoms with Gasteiger partial charge in [-0.3, -0.25) is 4.79 Å². The fraction of sp³-hybridized carbons (Fsp3) is 0.261. The summed E-state index contributed by atoms with van der Waals surface area (Å²) in [5, 5.41) is 11.2. The Morgan fingerprint density at radius 2 is 1.64 bits per heavy atom. The maximum absolute atomic E-state index is 12.8. The molecule has 1 heterocycles. The Balaban J connectivity index is 2.14. The maximum atomic E-state index is 12.8. The molecule has 0 spiro atoms. The molecule has 0 saturated carbocycles. The largest absolute Gasteiger partial charge is 0.504 e. The number of aryl methyl sites for hydroxylation is 1. The van der Waals surface area contributed by atoms with Gasteiger partial charge in [-0.05, 0) is 44.0 Å². The number of nitrogens with one attached hydrogen (secondary N) is 1. The third-order valence-electron chi connectivity index (χ3n) is 4.59. The van der Waals surface area contributed by atoms with Crippen molar-refractivity contribution < 1.29 is 5.11 Å². The van der Waals surface area contributed by atoms with Crippen LogP contribution in [0.1, 0.15) is 32.4 Å². The molecule has 0 aliphatic carbocycles. The van der Waals surface area contributed by atoms with E-state index < -0.39 is 0 Å². The van der Waals surface area contributed by atoms with Crippen LogP contribution in [0, 0.1) is 0 Å². The van der Waals surface area contributed by atoms with E-state index in [9.17, 15) is 9.90 Å². The van der Waals surface area contributed by atoms with E-state index >= 15 is 0 Å². The van der Waals surface area contributed by atoms with E-state index in [1.807, 2.05) is 67.6 Å². The molecular weight excluding hydrogens is 368 g/mol. The first-order valence-corrected chi connectivity index (χ1v) is 10.5. The summed E-state index contributed by atoms with van der Waals surface area (Å²) in [5.41, 5.74) is 2.22. The molecule has 28 heavy (non-hydrogen) atoms. The van der Waals surface area contributed by atoms with Gasteiger partial charge in [-0.2, -0.15) is 0 Å². The van der Waals surface area contributed by atoms with Gasteiger partial charge in [0.25, 0.3) is 5.56 Å². The molecule has 0 aliphatic rings. The highest BCUT2D eigenvalue weighted by Crippen LogP contribution is 2.42. The van der Waals surface area contributed by atoms with Crippen molar-refractivity contribution in [2.24, 2.45) is 0 Å². The van der Waals surface area contributed by atoms with E-state index in [1.165, 1.54) is 11.8 Å². The molecule has 0 atom stereocenters. The van der Waals surface area contributed by atoms with Crippen LogP contribution in [0.5, 0.6) is 5.75 Å². The van der Waals surface area contributed by atoms with Gasteiger partial charge in [-0.15, -0.1) is 0 Å². The number of H-pyrrole nitrogens is 1. The molecule has 3 aromatic rings. The molecule has 0 amide bonds. The number of rotatable bonds is 8. The summed E-state index contributed by atoms with van der Waals surface area (Å²) in [6.07, 6.45) is 2.67. The van der Waals surface area contributed by atoms with E-state index in [-0.39, 0.29) is 11.3 Å². The van der Waals surface area contributed by atoms with Crippen molar-refractivity contribution in [3.8, 4) is 5.75 Å². The Bertz CT molecular complexity index is 956. The van der Waals surface area contributed by atoms with Crippen molar-refractivity contribution in [2.75, 3.05) is 11.4 Å². The zero-order valence-electron chi connectivity index (χ0n) is 16.3. The molecule has 0 aliphatic heterocycles. The van der Waals surface area contributed by atoms with E-state index in [2.05, 4.69) is 16.8 Å². The van der Waals surface area contributed by atoms with Gasteiger partial charge in [0.1, 0.15) is 10.6 Å². The van der Waals surface area contributed by atoms with Gasteiger partial charge in [0, 0.05) is 22.8 Å². The molecule has 0 saturated heterocycles. The Kier molecular flexibility index (Phi) is 6.82. The number of pyridine rings is 1. The lowest BCUT2D eigenvalue weighted by atomic mass is 10.1. The highest BCUT2D eigenvalue weighted by Gasteiger charge is 2.23. The number of hydrogen-bond acceptors (Lipinski definition) is 4. The fourth-order valence-corrected chi connectivity index (χ4v) is 4.08. The predicted molar refractivity (Wildman–Crippen MR) is 117 cm³/mol. The van der Waals surface area contributed by atoms with Crippen molar-refractivity contribution >= 4 is 23.1 Å². The van der Waals surface area contributed by atoms with Crippen LogP contribution in [-0.2, 0) is 6.42 Å². The minimum atomic E-state index is -0.245. The Labute approximate surface area is 170 Å². The van der Waals surface area contributed by atoms with E-state index in [0.717, 1.165) is 29.1 Å². The van der Waals surface area contributed by atoms with Gasteiger partial charge >= 0.3 is 0 Å². The molecule has 5 heteroatoms. The van der Waals surface area contributed by atoms with Gasteiger partial charge < -0.3 is 15.0 Å². The lowest BCUT2D eigenvalue weighted by Crippen LogP contribution is -2.22. The van der Waals surface area contributed by atoms with Crippen molar-refractivity contribution in [2.45, 2.75) is 42.9 Å². The summed E-state index contributed by atoms with van der Waals surface area (Å²) >= 11 is 1.29. The molecule has 0 bridgehead atoms. The van der Waals surface area contributed by atoms with Crippen molar-refractivity contribution in [1.29, 1.82) is 0 Å². The van der Waals surface area contributed by atoms with E-state index in [0.29, 0.717) is 23.5 Å². The number of anilines is 2. The number of para-hydroxylation sites is 1. The minimum absolute atomic E-state index is 0.0504. The van der Waals surface area contributed by atoms with Crippen LogP contribution in [0.2, 0.25) is 0 Å². The van der Waals surface area contributed by atoms with Crippen molar-refractivity contribution in [3.63, 3.8) is 0 Å². The van der Waals surface area contributed by atoms with Crippen LogP contribution in [0.15, 0.2) is 75.2 Å². The number of benzene rings is 2. The SMILES string of the molecule is CCCCc1[nH]c(=O)c(Sc2ccccc2)c(O)c1N(CC)c1ccccc1. The average Bonchev–Trinajstić information content (AvgIpc) is 2.73. The molecule has 0 unspecified atom stereocenters. The second-order valence-corrected chi connectivity index (χ2v) is 7.64. The molecule has 2 N–H and O–H groups in total. The van der Waals surface area contributed by atoms with E-state index in [4.69, 9.17) is 0 Å². The summed E-state index contributed by atoms with van der Waals surface area (Å²) in [6.45, 7) is 4.84. The Hall–Kier alpha value is -2.66. The van der Waals surface area contributed by atoms with Gasteiger partial charge in [0.2, 0.25) is 0 Å². The summed E-state index contributed by atoms with van der Waals surface area (Å²) in [6, 6.07) is 19.6. The smallest absolute Gasteiger partial charge is 0.266 e. The molecule has 4 nitrogen and oxygen atoms in total. The van der Waals surface area contributed by atoms with Crippen molar-refractivity contribution in [1.82, 2.24) is 4.98 Å². The number of aromatic nitrogens is 1. The number of hydrogen-bond donors (Lipinski definition) is 2. The zero-order valence-corrected chi connectivity index (χ0v) is 17.1. The number of nitrogens with zero attached hydrogens (tertiary/aromatic N) is 1. The first-order chi connectivity index (χ1) is 13.7. The number of aromatic hydroxyl groups is 1. The van der Waals surface area contributed by atoms with Crippen LogP contribution in [0.3, 0.4) is 0 Å². The van der Waals surface area contributed by atoms with Gasteiger partial charge in [0.15, 0.2) is 5.75 Å². The number of aromatic amines is 1. The quantitative estimate of drug-likeness (QED) is 0.512.